The highest BCUT2D eigenvalue weighted by Gasteiger charge is 2.21. The molecule has 7 heteroatoms. The molecular formula is C13H13ClN4O2. The van der Waals surface area contributed by atoms with E-state index in [0.29, 0.717) is 12.2 Å². The number of hydrogen-bond acceptors (Lipinski definition) is 4. The zero-order valence-corrected chi connectivity index (χ0v) is 11.4. The maximum atomic E-state index is 11.0. The number of fused-ring (bicyclic) bond motifs is 1. The molecule has 1 aliphatic rings. The molecule has 2 aromatic rings. The number of benzene rings is 1. The Bertz CT molecular complexity index is 656. The first-order valence-electron chi connectivity index (χ1n) is 6.26. The van der Waals surface area contributed by atoms with Gasteiger partial charge in [0.2, 0.25) is 0 Å². The van der Waals surface area contributed by atoms with E-state index in [2.05, 4.69) is 20.3 Å². The Morgan fingerprint density at radius 2 is 2.25 bits per heavy atom. The van der Waals surface area contributed by atoms with Crippen molar-refractivity contribution in [3.8, 4) is 0 Å². The van der Waals surface area contributed by atoms with Gasteiger partial charge in [-0.25, -0.2) is 4.79 Å². The number of nitrogens with zero attached hydrogens (tertiary/aromatic N) is 3. The second kappa shape index (κ2) is 5.22. The molecule has 0 saturated carbocycles. The van der Waals surface area contributed by atoms with Gasteiger partial charge in [-0.05, 0) is 29.7 Å². The maximum Gasteiger partial charge on any atom is 0.358 e. The van der Waals surface area contributed by atoms with E-state index in [9.17, 15) is 4.79 Å². The molecule has 20 heavy (non-hydrogen) atoms. The molecule has 2 heterocycles. The fraction of sp³-hybridized carbons (Fsp3) is 0.308. The molecule has 6 nitrogen and oxygen atoms in total. The first-order valence-corrected chi connectivity index (χ1v) is 6.64. The molecule has 3 rings (SSSR count). The molecule has 0 atom stereocenters. The number of carboxylic acid groups (broad SMARTS) is 1. The lowest BCUT2D eigenvalue weighted by molar-refractivity contribution is 0.0687. The van der Waals surface area contributed by atoms with Gasteiger partial charge in [-0.2, -0.15) is 10.3 Å². The van der Waals surface area contributed by atoms with Crippen LogP contribution in [0.2, 0.25) is 5.02 Å². The molecule has 0 spiro atoms. The topological polar surface area (TPSA) is 82.1 Å². The first kappa shape index (κ1) is 13.1. The quantitative estimate of drug-likeness (QED) is 0.900. The Morgan fingerprint density at radius 3 is 3.05 bits per heavy atom. The lowest BCUT2D eigenvalue weighted by Gasteiger charge is -2.28. The van der Waals surface area contributed by atoms with Gasteiger partial charge in [-0.3, -0.25) is 4.90 Å². The number of hydrogen-bond donors (Lipinski definition) is 2. The van der Waals surface area contributed by atoms with Crippen LogP contribution in [-0.2, 0) is 19.5 Å². The Kier molecular flexibility index (Phi) is 3.42. The van der Waals surface area contributed by atoms with Crippen molar-refractivity contribution in [3.63, 3.8) is 0 Å². The Hall–Kier alpha value is -1.92. The maximum absolute atomic E-state index is 11.0. The number of aromatic amines is 1. The van der Waals surface area contributed by atoms with Crippen LogP contribution in [0.3, 0.4) is 0 Å². The Morgan fingerprint density at radius 1 is 1.40 bits per heavy atom. The molecular weight excluding hydrogens is 280 g/mol. The summed E-state index contributed by atoms with van der Waals surface area (Å²) in [5.74, 6) is -1.06. The van der Waals surface area contributed by atoms with Crippen molar-refractivity contribution < 1.29 is 9.90 Å². The third kappa shape index (κ3) is 2.52. The molecule has 0 saturated heterocycles. The van der Waals surface area contributed by atoms with Crippen LogP contribution in [0.5, 0.6) is 0 Å². The minimum Gasteiger partial charge on any atom is -0.476 e. The van der Waals surface area contributed by atoms with E-state index in [1.165, 1.54) is 11.1 Å². The second-order valence-electron chi connectivity index (χ2n) is 4.80. The van der Waals surface area contributed by atoms with Crippen molar-refractivity contribution in [1.29, 1.82) is 0 Å². The van der Waals surface area contributed by atoms with Crippen molar-refractivity contribution in [2.45, 2.75) is 19.5 Å². The molecule has 0 radical (unpaired) electrons. The fourth-order valence-electron chi connectivity index (χ4n) is 2.46. The predicted molar refractivity (Wildman–Crippen MR) is 72.6 cm³/mol. The van der Waals surface area contributed by atoms with E-state index in [4.69, 9.17) is 16.7 Å². The Labute approximate surface area is 120 Å². The number of aromatic nitrogens is 3. The number of H-pyrrole nitrogens is 1. The number of carbonyl (C=O) groups is 1. The van der Waals surface area contributed by atoms with E-state index in [1.807, 2.05) is 18.2 Å². The van der Waals surface area contributed by atoms with E-state index < -0.39 is 5.97 Å². The van der Waals surface area contributed by atoms with E-state index in [-0.39, 0.29) is 5.69 Å². The van der Waals surface area contributed by atoms with Crippen LogP contribution < -0.4 is 0 Å². The minimum absolute atomic E-state index is 0.00750. The SMILES string of the molecule is O=C(O)c1n[nH]nc1CN1CCc2cc(Cl)ccc2C1. The summed E-state index contributed by atoms with van der Waals surface area (Å²) in [4.78, 5) is 13.2. The molecule has 0 fully saturated rings. The summed E-state index contributed by atoms with van der Waals surface area (Å²) in [5, 5.41) is 19.7. The zero-order chi connectivity index (χ0) is 14.1. The molecule has 2 N–H and O–H groups in total. The van der Waals surface area contributed by atoms with Gasteiger partial charge in [0.1, 0.15) is 5.69 Å². The summed E-state index contributed by atoms with van der Waals surface area (Å²) >= 11 is 5.98. The standard InChI is InChI=1S/C13H13ClN4O2/c14-10-2-1-9-6-18(4-3-8(9)5-10)7-11-12(13(19)20)16-17-15-11/h1-2,5H,3-4,6-7H2,(H,19,20)(H,15,16,17). The van der Waals surface area contributed by atoms with Gasteiger partial charge in [0.25, 0.3) is 0 Å². The fourth-order valence-corrected chi connectivity index (χ4v) is 2.66. The minimum atomic E-state index is -1.06. The lowest BCUT2D eigenvalue weighted by atomic mass is 10.00. The first-order chi connectivity index (χ1) is 9.63. The van der Waals surface area contributed by atoms with Crippen LogP contribution in [0.15, 0.2) is 18.2 Å². The highest BCUT2D eigenvalue weighted by Crippen LogP contribution is 2.23. The van der Waals surface area contributed by atoms with Gasteiger partial charge in [-0.15, -0.1) is 5.10 Å². The van der Waals surface area contributed by atoms with Crippen LogP contribution in [0.25, 0.3) is 0 Å². The number of carboxylic acids is 1. The normalized spacial score (nSPS) is 15.1. The number of halogens is 1. The molecule has 0 amide bonds. The van der Waals surface area contributed by atoms with Gasteiger partial charge in [0.15, 0.2) is 5.69 Å². The van der Waals surface area contributed by atoms with Crippen molar-refractivity contribution in [2.75, 3.05) is 6.54 Å². The number of aromatic carboxylic acids is 1. The summed E-state index contributed by atoms with van der Waals surface area (Å²) in [6, 6.07) is 5.89. The average Bonchev–Trinajstić information content (AvgIpc) is 2.87. The van der Waals surface area contributed by atoms with Crippen molar-refractivity contribution in [3.05, 3.63) is 45.7 Å². The molecule has 1 aliphatic heterocycles. The molecule has 104 valence electrons. The van der Waals surface area contributed by atoms with Crippen LogP contribution in [0.1, 0.15) is 27.3 Å². The summed E-state index contributed by atoms with van der Waals surface area (Å²) in [6.45, 7) is 2.08. The Balaban J connectivity index is 1.76. The van der Waals surface area contributed by atoms with Crippen LogP contribution >= 0.6 is 11.6 Å². The van der Waals surface area contributed by atoms with Crippen LogP contribution in [-0.4, -0.2) is 37.9 Å². The van der Waals surface area contributed by atoms with Gasteiger partial charge in [-0.1, -0.05) is 17.7 Å². The van der Waals surface area contributed by atoms with Crippen molar-refractivity contribution in [1.82, 2.24) is 20.3 Å². The van der Waals surface area contributed by atoms with E-state index in [1.54, 1.807) is 0 Å². The van der Waals surface area contributed by atoms with Gasteiger partial charge in [0.05, 0.1) is 0 Å². The zero-order valence-electron chi connectivity index (χ0n) is 10.6. The monoisotopic (exact) mass is 292 g/mol. The van der Waals surface area contributed by atoms with Gasteiger partial charge in [0, 0.05) is 24.7 Å². The van der Waals surface area contributed by atoms with Crippen molar-refractivity contribution >= 4 is 17.6 Å². The smallest absolute Gasteiger partial charge is 0.358 e. The van der Waals surface area contributed by atoms with Crippen LogP contribution in [0.4, 0.5) is 0 Å². The van der Waals surface area contributed by atoms with Crippen LogP contribution in [0, 0.1) is 0 Å². The lowest BCUT2D eigenvalue weighted by Crippen LogP contribution is -2.30. The molecule has 0 unspecified atom stereocenters. The third-order valence-electron chi connectivity index (χ3n) is 3.46. The summed E-state index contributed by atoms with van der Waals surface area (Å²) in [6.07, 6.45) is 0.899. The van der Waals surface area contributed by atoms with Gasteiger partial charge < -0.3 is 5.11 Å². The van der Waals surface area contributed by atoms with Crippen molar-refractivity contribution in [2.24, 2.45) is 0 Å². The molecule has 0 aliphatic carbocycles. The second-order valence-corrected chi connectivity index (χ2v) is 5.23. The molecule has 0 bridgehead atoms. The van der Waals surface area contributed by atoms with Gasteiger partial charge >= 0.3 is 5.97 Å². The largest absolute Gasteiger partial charge is 0.476 e. The average molecular weight is 293 g/mol. The van der Waals surface area contributed by atoms with E-state index in [0.717, 1.165) is 24.5 Å². The summed E-state index contributed by atoms with van der Waals surface area (Å²) in [7, 11) is 0. The highest BCUT2D eigenvalue weighted by atomic mass is 35.5. The summed E-state index contributed by atoms with van der Waals surface area (Å²) < 4.78 is 0. The molecule has 1 aromatic carbocycles. The third-order valence-corrected chi connectivity index (χ3v) is 3.69. The highest BCUT2D eigenvalue weighted by molar-refractivity contribution is 6.30. The number of nitrogens with one attached hydrogen (secondary N) is 1. The predicted octanol–water partition coefficient (Wildman–Crippen LogP) is 1.71. The molecule has 1 aromatic heterocycles. The summed E-state index contributed by atoms with van der Waals surface area (Å²) in [5.41, 5.74) is 2.94. The number of rotatable bonds is 3. The van der Waals surface area contributed by atoms with E-state index >= 15 is 0 Å².